The summed E-state index contributed by atoms with van der Waals surface area (Å²) in [5.41, 5.74) is 6.85. The van der Waals surface area contributed by atoms with E-state index in [1.165, 1.54) is 0 Å². The van der Waals surface area contributed by atoms with Gasteiger partial charge in [-0.3, -0.25) is 0 Å². The Kier molecular flexibility index (Phi) is 4.75. The van der Waals surface area contributed by atoms with Crippen LogP contribution in [0.25, 0.3) is 0 Å². The Labute approximate surface area is 118 Å². The van der Waals surface area contributed by atoms with Crippen molar-refractivity contribution in [2.75, 3.05) is 12.3 Å². The first-order chi connectivity index (χ1) is 9.57. The van der Waals surface area contributed by atoms with Crippen LogP contribution in [0.3, 0.4) is 0 Å². The number of hydrogen-bond acceptors (Lipinski definition) is 4. The van der Waals surface area contributed by atoms with E-state index >= 15 is 0 Å². The van der Waals surface area contributed by atoms with Gasteiger partial charge in [0.25, 0.3) is 0 Å². The number of nitrogens with zero attached hydrogens (tertiary/aromatic N) is 1. The first-order valence-electron chi connectivity index (χ1n) is 6.36. The predicted octanol–water partition coefficient (Wildman–Crippen LogP) is 1.04. The Bertz CT molecular complexity index is 638. The zero-order valence-electron chi connectivity index (χ0n) is 11.0. The second kappa shape index (κ2) is 6.53. The second-order valence-corrected chi connectivity index (χ2v) is 6.30. The summed E-state index contributed by atoms with van der Waals surface area (Å²) >= 11 is 0. The van der Waals surface area contributed by atoms with Gasteiger partial charge in [-0.15, -0.1) is 0 Å². The number of benzene rings is 1. The van der Waals surface area contributed by atoms with E-state index in [0.29, 0.717) is 30.6 Å². The van der Waals surface area contributed by atoms with Gasteiger partial charge < -0.3 is 10.7 Å². The SMILES string of the molecule is Nc1ccccc1CS(=O)(=O)NCCCc1ncc[nH]1. The summed E-state index contributed by atoms with van der Waals surface area (Å²) in [7, 11) is -3.36. The minimum atomic E-state index is -3.36. The molecule has 0 saturated carbocycles. The van der Waals surface area contributed by atoms with Crippen molar-refractivity contribution in [3.05, 3.63) is 48.0 Å². The van der Waals surface area contributed by atoms with Gasteiger partial charge in [0.15, 0.2) is 0 Å². The number of nitrogen functional groups attached to an aromatic ring is 1. The van der Waals surface area contributed by atoms with Gasteiger partial charge in [-0.05, 0) is 18.1 Å². The number of aromatic amines is 1. The Morgan fingerprint density at radius 3 is 2.80 bits per heavy atom. The molecule has 0 amide bonds. The van der Waals surface area contributed by atoms with E-state index in [1.54, 1.807) is 36.7 Å². The van der Waals surface area contributed by atoms with Crippen LogP contribution >= 0.6 is 0 Å². The third kappa shape index (κ3) is 4.36. The van der Waals surface area contributed by atoms with Crippen LogP contribution in [0.2, 0.25) is 0 Å². The van der Waals surface area contributed by atoms with Crippen LogP contribution in [0.4, 0.5) is 5.69 Å². The summed E-state index contributed by atoms with van der Waals surface area (Å²) in [6.45, 7) is 0.385. The normalized spacial score (nSPS) is 11.6. The lowest BCUT2D eigenvalue weighted by molar-refractivity contribution is 0.577. The topological polar surface area (TPSA) is 101 Å². The molecule has 108 valence electrons. The lowest BCUT2D eigenvalue weighted by atomic mass is 10.2. The van der Waals surface area contributed by atoms with Gasteiger partial charge in [-0.1, -0.05) is 18.2 Å². The smallest absolute Gasteiger partial charge is 0.215 e. The fraction of sp³-hybridized carbons (Fsp3) is 0.308. The Morgan fingerprint density at radius 1 is 1.30 bits per heavy atom. The van der Waals surface area contributed by atoms with Gasteiger partial charge in [0.2, 0.25) is 10.0 Å². The van der Waals surface area contributed by atoms with Crippen LogP contribution in [0.15, 0.2) is 36.7 Å². The molecule has 1 aromatic heterocycles. The lowest BCUT2D eigenvalue weighted by Crippen LogP contribution is -2.26. The maximum Gasteiger partial charge on any atom is 0.215 e. The Balaban J connectivity index is 1.81. The Hall–Kier alpha value is -1.86. The number of aromatic nitrogens is 2. The molecule has 0 saturated heterocycles. The van der Waals surface area contributed by atoms with Crippen molar-refractivity contribution < 1.29 is 8.42 Å². The van der Waals surface area contributed by atoms with Crippen molar-refractivity contribution in [3.63, 3.8) is 0 Å². The summed E-state index contributed by atoms with van der Waals surface area (Å²) < 4.78 is 26.4. The quantitative estimate of drug-likeness (QED) is 0.524. The third-order valence-electron chi connectivity index (χ3n) is 2.87. The van der Waals surface area contributed by atoms with E-state index in [9.17, 15) is 8.42 Å². The van der Waals surface area contributed by atoms with Gasteiger partial charge in [0.05, 0.1) is 5.75 Å². The second-order valence-electron chi connectivity index (χ2n) is 4.49. The fourth-order valence-corrected chi connectivity index (χ4v) is 3.07. The van der Waals surface area contributed by atoms with E-state index in [0.717, 1.165) is 5.82 Å². The highest BCUT2D eigenvalue weighted by molar-refractivity contribution is 7.88. The molecular formula is C13H18N4O2S. The van der Waals surface area contributed by atoms with Crippen molar-refractivity contribution in [1.82, 2.24) is 14.7 Å². The average Bonchev–Trinajstić information content (AvgIpc) is 2.90. The molecule has 0 unspecified atom stereocenters. The molecule has 1 heterocycles. The molecular weight excluding hydrogens is 276 g/mol. The molecule has 2 aromatic rings. The molecule has 0 radical (unpaired) electrons. The molecule has 2 rings (SSSR count). The summed E-state index contributed by atoms with van der Waals surface area (Å²) in [5, 5.41) is 0. The number of nitrogens with one attached hydrogen (secondary N) is 2. The first kappa shape index (κ1) is 14.5. The number of rotatable bonds is 7. The van der Waals surface area contributed by atoms with E-state index in [1.807, 2.05) is 0 Å². The van der Waals surface area contributed by atoms with Gasteiger partial charge in [-0.25, -0.2) is 18.1 Å². The molecule has 0 aliphatic carbocycles. The highest BCUT2D eigenvalue weighted by Crippen LogP contribution is 2.13. The van der Waals surface area contributed by atoms with Crippen molar-refractivity contribution in [2.24, 2.45) is 0 Å². The summed E-state index contributed by atoms with van der Waals surface area (Å²) in [6, 6.07) is 6.97. The van der Waals surface area contributed by atoms with Crippen LogP contribution in [0.1, 0.15) is 17.8 Å². The van der Waals surface area contributed by atoms with Crippen LogP contribution < -0.4 is 10.5 Å². The maximum absolute atomic E-state index is 11.9. The third-order valence-corrected chi connectivity index (χ3v) is 4.20. The van der Waals surface area contributed by atoms with Gasteiger partial charge in [0.1, 0.15) is 5.82 Å². The first-order valence-corrected chi connectivity index (χ1v) is 8.01. The Morgan fingerprint density at radius 2 is 2.10 bits per heavy atom. The summed E-state index contributed by atoms with van der Waals surface area (Å²) in [5.74, 6) is 0.761. The van der Waals surface area contributed by atoms with Gasteiger partial charge >= 0.3 is 0 Å². The number of para-hydroxylation sites is 1. The van der Waals surface area contributed by atoms with Crippen LogP contribution in [0, 0.1) is 0 Å². The highest BCUT2D eigenvalue weighted by atomic mass is 32.2. The molecule has 6 nitrogen and oxygen atoms in total. The molecule has 0 aliphatic heterocycles. The minimum absolute atomic E-state index is 0.0968. The minimum Gasteiger partial charge on any atom is -0.398 e. The van der Waals surface area contributed by atoms with Gasteiger partial charge in [-0.2, -0.15) is 0 Å². The number of sulfonamides is 1. The van der Waals surface area contributed by atoms with Crippen LogP contribution in [-0.2, 0) is 22.2 Å². The van der Waals surface area contributed by atoms with Gasteiger partial charge in [0, 0.05) is 31.0 Å². The molecule has 4 N–H and O–H groups in total. The molecule has 20 heavy (non-hydrogen) atoms. The molecule has 0 atom stereocenters. The zero-order chi connectivity index (χ0) is 14.4. The van der Waals surface area contributed by atoms with E-state index in [-0.39, 0.29) is 5.75 Å². The van der Waals surface area contributed by atoms with Crippen molar-refractivity contribution in [1.29, 1.82) is 0 Å². The molecule has 0 fully saturated rings. The van der Waals surface area contributed by atoms with E-state index in [2.05, 4.69) is 14.7 Å². The van der Waals surface area contributed by atoms with Crippen molar-refractivity contribution >= 4 is 15.7 Å². The number of H-pyrrole nitrogens is 1. The highest BCUT2D eigenvalue weighted by Gasteiger charge is 2.12. The lowest BCUT2D eigenvalue weighted by Gasteiger charge is -2.08. The molecule has 0 aliphatic rings. The monoisotopic (exact) mass is 294 g/mol. The number of anilines is 1. The largest absolute Gasteiger partial charge is 0.398 e. The number of hydrogen-bond donors (Lipinski definition) is 3. The molecule has 0 bridgehead atoms. The predicted molar refractivity (Wildman–Crippen MR) is 78.4 cm³/mol. The average molecular weight is 294 g/mol. The van der Waals surface area contributed by atoms with E-state index < -0.39 is 10.0 Å². The van der Waals surface area contributed by atoms with E-state index in [4.69, 9.17) is 5.73 Å². The van der Waals surface area contributed by atoms with Crippen molar-refractivity contribution in [2.45, 2.75) is 18.6 Å². The maximum atomic E-state index is 11.9. The number of aryl methyl sites for hydroxylation is 1. The molecule has 7 heteroatoms. The number of nitrogens with two attached hydrogens (primary N) is 1. The van der Waals surface area contributed by atoms with Crippen LogP contribution in [0.5, 0.6) is 0 Å². The molecule has 1 aromatic carbocycles. The molecule has 0 spiro atoms. The van der Waals surface area contributed by atoms with Crippen LogP contribution in [-0.4, -0.2) is 24.9 Å². The van der Waals surface area contributed by atoms with Crippen molar-refractivity contribution in [3.8, 4) is 0 Å². The number of imidazole rings is 1. The summed E-state index contributed by atoms with van der Waals surface area (Å²) in [6.07, 6.45) is 4.83. The fourth-order valence-electron chi connectivity index (χ4n) is 1.84. The standard InChI is InChI=1S/C13H18N4O2S/c14-12-5-2-1-4-11(12)10-20(18,19)17-7-3-6-13-15-8-9-16-13/h1-2,4-5,8-9,17H,3,6-7,10,14H2,(H,15,16). The zero-order valence-corrected chi connectivity index (χ0v) is 11.9. The summed E-state index contributed by atoms with van der Waals surface area (Å²) in [4.78, 5) is 7.06.